The summed E-state index contributed by atoms with van der Waals surface area (Å²) >= 11 is 0. The second-order valence-electron chi connectivity index (χ2n) is 6.54. The Morgan fingerprint density at radius 1 is 1.00 bits per heavy atom. The van der Waals surface area contributed by atoms with Crippen molar-refractivity contribution in [3.8, 4) is 11.5 Å². The van der Waals surface area contributed by atoms with E-state index in [4.69, 9.17) is 9.47 Å². The van der Waals surface area contributed by atoms with Crippen molar-refractivity contribution in [3.05, 3.63) is 54.1 Å². The number of carbonyl (C=O) groups is 1. The van der Waals surface area contributed by atoms with E-state index >= 15 is 0 Å². The quantitative estimate of drug-likeness (QED) is 0.549. The van der Waals surface area contributed by atoms with E-state index in [2.05, 4.69) is 10.6 Å². The molecule has 154 valence electrons. The van der Waals surface area contributed by atoms with Crippen LogP contribution in [0.1, 0.15) is 38.1 Å². The van der Waals surface area contributed by atoms with Crippen LogP contribution < -0.4 is 20.1 Å². The molecule has 7 heteroatoms. The number of amides is 1. The van der Waals surface area contributed by atoms with Crippen molar-refractivity contribution in [2.45, 2.75) is 46.1 Å². The van der Waals surface area contributed by atoms with Gasteiger partial charge in [0.15, 0.2) is 6.23 Å². The van der Waals surface area contributed by atoms with Crippen LogP contribution in [-0.4, -0.2) is 36.0 Å². The Morgan fingerprint density at radius 2 is 1.57 bits per heavy atom. The number of benzene rings is 2. The molecule has 0 bridgehead atoms. The number of nitrogens with one attached hydrogen (secondary N) is 2. The number of halogens is 1. The molecule has 0 aromatic heterocycles. The summed E-state index contributed by atoms with van der Waals surface area (Å²) in [6.07, 6.45) is -1.17. The summed E-state index contributed by atoms with van der Waals surface area (Å²) in [6.45, 7) is 8.14. The molecule has 6 nitrogen and oxygen atoms in total. The van der Waals surface area contributed by atoms with Crippen molar-refractivity contribution >= 4 is 24.0 Å². The van der Waals surface area contributed by atoms with Gasteiger partial charge in [-0.1, -0.05) is 0 Å². The van der Waals surface area contributed by atoms with Gasteiger partial charge in [-0.15, -0.1) is 12.4 Å². The van der Waals surface area contributed by atoms with Crippen LogP contribution in [0, 0.1) is 0 Å². The van der Waals surface area contributed by atoms with Crippen LogP contribution in [-0.2, 0) is 0 Å². The molecule has 1 amide bonds. The van der Waals surface area contributed by atoms with Crippen molar-refractivity contribution in [1.29, 1.82) is 0 Å². The Bertz CT molecular complexity index is 718. The third kappa shape index (κ3) is 7.38. The van der Waals surface area contributed by atoms with Crippen LogP contribution in [0.4, 0.5) is 5.69 Å². The molecule has 3 N–H and O–H groups in total. The molecule has 0 saturated carbocycles. The highest BCUT2D eigenvalue weighted by atomic mass is 35.5. The molecule has 0 radical (unpaired) electrons. The van der Waals surface area contributed by atoms with Crippen molar-refractivity contribution < 1.29 is 19.4 Å². The molecule has 2 unspecified atom stereocenters. The number of anilines is 1. The van der Waals surface area contributed by atoms with Gasteiger partial charge in [0.2, 0.25) is 0 Å². The molecular formula is C21H29ClN2O4. The van der Waals surface area contributed by atoms with Gasteiger partial charge in [-0.25, -0.2) is 0 Å². The first-order valence-corrected chi connectivity index (χ1v) is 9.14. The van der Waals surface area contributed by atoms with Crippen LogP contribution in [0.5, 0.6) is 11.5 Å². The van der Waals surface area contributed by atoms with Crippen LogP contribution in [0.3, 0.4) is 0 Å². The standard InChI is InChI=1S/C21H28N2O4.ClH/c1-5-26-18-10-6-16(7-11-18)20(25)23-17-8-12-19(13-9-17)27-21(15(4)24)22-14(2)3;/h6-15,21-22,24H,5H2,1-4H3,(H,23,25);1H. The number of ether oxygens (including phenoxy) is 2. The molecular weight excluding hydrogens is 380 g/mol. The smallest absolute Gasteiger partial charge is 0.255 e. The Labute approximate surface area is 172 Å². The normalized spacial score (nSPS) is 12.6. The number of hydrogen-bond donors (Lipinski definition) is 3. The van der Waals surface area contributed by atoms with E-state index in [1.54, 1.807) is 55.5 Å². The molecule has 28 heavy (non-hydrogen) atoms. The summed E-state index contributed by atoms with van der Waals surface area (Å²) in [5.74, 6) is 1.14. The maximum atomic E-state index is 12.3. The lowest BCUT2D eigenvalue weighted by Gasteiger charge is -2.25. The molecule has 0 saturated heterocycles. The van der Waals surface area contributed by atoms with Crippen LogP contribution in [0.15, 0.2) is 48.5 Å². The predicted molar refractivity (Wildman–Crippen MR) is 114 cm³/mol. The number of aliphatic hydroxyl groups excluding tert-OH is 1. The third-order valence-electron chi connectivity index (χ3n) is 3.74. The second kappa shape index (κ2) is 11.5. The summed E-state index contributed by atoms with van der Waals surface area (Å²) in [5, 5.41) is 15.8. The molecule has 2 aromatic carbocycles. The van der Waals surface area contributed by atoms with E-state index in [1.807, 2.05) is 20.8 Å². The van der Waals surface area contributed by atoms with E-state index in [1.165, 1.54) is 0 Å². The molecule has 0 spiro atoms. The van der Waals surface area contributed by atoms with Gasteiger partial charge in [0, 0.05) is 17.3 Å². The largest absolute Gasteiger partial charge is 0.494 e. The number of carbonyl (C=O) groups excluding carboxylic acids is 1. The average molecular weight is 409 g/mol. The zero-order valence-corrected chi connectivity index (χ0v) is 17.5. The van der Waals surface area contributed by atoms with Crippen molar-refractivity contribution in [3.63, 3.8) is 0 Å². The highest BCUT2D eigenvalue weighted by Crippen LogP contribution is 2.19. The number of rotatable bonds is 9. The molecule has 2 aromatic rings. The van der Waals surface area contributed by atoms with Crippen molar-refractivity contribution in [1.82, 2.24) is 5.32 Å². The number of hydrogen-bond acceptors (Lipinski definition) is 5. The highest BCUT2D eigenvalue weighted by molar-refractivity contribution is 6.04. The highest BCUT2D eigenvalue weighted by Gasteiger charge is 2.17. The van der Waals surface area contributed by atoms with E-state index in [0.717, 1.165) is 5.75 Å². The van der Waals surface area contributed by atoms with Gasteiger partial charge < -0.3 is 19.9 Å². The van der Waals surface area contributed by atoms with E-state index in [0.29, 0.717) is 23.6 Å². The minimum absolute atomic E-state index is 0. The molecule has 0 heterocycles. The Morgan fingerprint density at radius 3 is 2.07 bits per heavy atom. The fraction of sp³-hybridized carbons (Fsp3) is 0.381. The molecule has 2 atom stereocenters. The zero-order chi connectivity index (χ0) is 19.8. The van der Waals surface area contributed by atoms with Crippen LogP contribution >= 0.6 is 12.4 Å². The topological polar surface area (TPSA) is 79.8 Å². The van der Waals surface area contributed by atoms with E-state index in [-0.39, 0.29) is 24.4 Å². The maximum absolute atomic E-state index is 12.3. The first-order valence-electron chi connectivity index (χ1n) is 9.14. The van der Waals surface area contributed by atoms with Crippen molar-refractivity contribution in [2.75, 3.05) is 11.9 Å². The zero-order valence-electron chi connectivity index (χ0n) is 16.6. The molecule has 0 aliphatic carbocycles. The summed E-state index contributed by atoms with van der Waals surface area (Å²) in [4.78, 5) is 12.3. The lowest BCUT2D eigenvalue weighted by atomic mass is 10.2. The van der Waals surface area contributed by atoms with Gasteiger partial charge in [0.05, 0.1) is 6.61 Å². The number of aliphatic hydroxyl groups is 1. The fourth-order valence-electron chi connectivity index (χ4n) is 2.44. The Hall–Kier alpha value is -2.28. The Balaban J connectivity index is 0.00000392. The van der Waals surface area contributed by atoms with Gasteiger partial charge in [-0.05, 0) is 76.2 Å². The van der Waals surface area contributed by atoms with Gasteiger partial charge in [0.1, 0.15) is 17.6 Å². The van der Waals surface area contributed by atoms with Crippen LogP contribution in [0.25, 0.3) is 0 Å². The van der Waals surface area contributed by atoms with Gasteiger partial charge in [0.25, 0.3) is 5.91 Å². The van der Waals surface area contributed by atoms with Crippen LogP contribution in [0.2, 0.25) is 0 Å². The lowest BCUT2D eigenvalue weighted by Crippen LogP contribution is -2.46. The fourth-order valence-corrected chi connectivity index (χ4v) is 2.44. The second-order valence-corrected chi connectivity index (χ2v) is 6.54. The summed E-state index contributed by atoms with van der Waals surface area (Å²) in [5.41, 5.74) is 1.21. The average Bonchev–Trinajstić information content (AvgIpc) is 2.63. The molecule has 0 aliphatic rings. The van der Waals surface area contributed by atoms with E-state index in [9.17, 15) is 9.90 Å². The summed E-state index contributed by atoms with van der Waals surface area (Å²) < 4.78 is 11.2. The lowest BCUT2D eigenvalue weighted by molar-refractivity contribution is 0.0218. The molecule has 0 fully saturated rings. The first-order chi connectivity index (χ1) is 12.9. The third-order valence-corrected chi connectivity index (χ3v) is 3.74. The summed E-state index contributed by atoms with van der Waals surface area (Å²) in [7, 11) is 0. The molecule has 2 rings (SSSR count). The minimum Gasteiger partial charge on any atom is -0.494 e. The van der Waals surface area contributed by atoms with Gasteiger partial charge in [-0.2, -0.15) is 0 Å². The maximum Gasteiger partial charge on any atom is 0.255 e. The van der Waals surface area contributed by atoms with Gasteiger partial charge in [-0.3, -0.25) is 10.1 Å². The molecule has 0 aliphatic heterocycles. The predicted octanol–water partition coefficient (Wildman–Crippen LogP) is 3.84. The SMILES string of the molecule is CCOc1ccc(C(=O)Nc2ccc(OC(NC(C)C)C(C)O)cc2)cc1.Cl. The first kappa shape index (κ1) is 23.8. The van der Waals surface area contributed by atoms with E-state index < -0.39 is 12.3 Å². The Kier molecular flexibility index (Phi) is 9.79. The van der Waals surface area contributed by atoms with Crippen molar-refractivity contribution in [2.24, 2.45) is 0 Å². The minimum atomic E-state index is -0.661. The monoisotopic (exact) mass is 408 g/mol. The van der Waals surface area contributed by atoms with Gasteiger partial charge >= 0.3 is 0 Å². The summed E-state index contributed by atoms with van der Waals surface area (Å²) in [6, 6.07) is 14.2.